The largest absolute Gasteiger partial charge is 0.497 e. The van der Waals surface area contributed by atoms with Gasteiger partial charge in [-0.1, -0.05) is 17.8 Å². The number of ether oxygens (including phenoxy) is 1. The van der Waals surface area contributed by atoms with Gasteiger partial charge in [-0.05, 0) is 50.6 Å². The number of aromatic nitrogens is 2. The second-order valence-electron chi connectivity index (χ2n) is 7.41. The number of amides is 2. The number of carbonyl (C=O) groups excluding carboxylic acids is 2. The summed E-state index contributed by atoms with van der Waals surface area (Å²) in [5.74, 6) is 0.401. The first-order chi connectivity index (χ1) is 14.5. The number of likely N-dealkylation sites (tertiary alicyclic amines) is 1. The first kappa shape index (κ1) is 22.2. The van der Waals surface area contributed by atoms with Crippen LogP contribution in [0.4, 0.5) is 5.69 Å². The molecule has 0 unspecified atom stereocenters. The fourth-order valence-electron chi connectivity index (χ4n) is 3.44. The van der Waals surface area contributed by atoms with E-state index in [1.807, 2.05) is 0 Å². The number of piperidine rings is 1. The number of aryl methyl sites for hydroxylation is 1. The molecule has 0 bridgehead atoms. The molecule has 30 heavy (non-hydrogen) atoms. The van der Waals surface area contributed by atoms with E-state index in [2.05, 4.69) is 32.7 Å². The minimum Gasteiger partial charge on any atom is -0.497 e. The maximum atomic E-state index is 12.3. The Balaban J connectivity index is 1.38. The topological polar surface area (TPSA) is 96.5 Å². The number of anilines is 1. The molecule has 1 fully saturated rings. The normalized spacial score (nSPS) is 16.8. The zero-order valence-corrected chi connectivity index (χ0v) is 18.3. The molecule has 0 aliphatic carbocycles. The van der Waals surface area contributed by atoms with E-state index in [1.165, 1.54) is 30.6 Å². The van der Waals surface area contributed by atoms with Crippen LogP contribution in [0.25, 0.3) is 0 Å². The van der Waals surface area contributed by atoms with Crippen LogP contribution in [0.2, 0.25) is 0 Å². The van der Waals surface area contributed by atoms with Crippen molar-refractivity contribution < 1.29 is 14.3 Å². The fourth-order valence-corrected chi connectivity index (χ4v) is 4.18. The average molecular weight is 432 g/mol. The Hall–Kier alpha value is -2.52. The third-order valence-electron chi connectivity index (χ3n) is 5.24. The molecule has 162 valence electrons. The molecule has 0 radical (unpaired) electrons. The Labute approximate surface area is 181 Å². The minimum atomic E-state index is -0.316. The number of nitrogens with zero attached hydrogens (tertiary/aromatic N) is 3. The van der Waals surface area contributed by atoms with Crippen molar-refractivity contribution in [3.63, 3.8) is 0 Å². The number of methoxy groups -OCH3 is 1. The SMILES string of the molecule is COc1ccc(NC(=O)c2nnc(CCC(=O)NCCN3CCCC[C@H]3C)s2)cc1. The highest BCUT2D eigenvalue weighted by Gasteiger charge is 2.18. The Morgan fingerprint density at radius 2 is 2.03 bits per heavy atom. The smallest absolute Gasteiger partial charge is 0.286 e. The number of nitrogens with one attached hydrogen (secondary N) is 2. The molecule has 2 amide bonds. The summed E-state index contributed by atoms with van der Waals surface area (Å²) in [6.45, 7) is 4.91. The lowest BCUT2D eigenvalue weighted by atomic mass is 10.0. The van der Waals surface area contributed by atoms with Crippen LogP contribution >= 0.6 is 11.3 Å². The number of hydrogen-bond acceptors (Lipinski definition) is 7. The van der Waals surface area contributed by atoms with Crippen molar-refractivity contribution in [1.82, 2.24) is 20.4 Å². The van der Waals surface area contributed by atoms with Gasteiger partial charge in [-0.2, -0.15) is 0 Å². The molecule has 0 saturated carbocycles. The van der Waals surface area contributed by atoms with Gasteiger partial charge in [0.05, 0.1) is 7.11 Å². The molecule has 3 rings (SSSR count). The molecule has 2 N–H and O–H groups in total. The monoisotopic (exact) mass is 431 g/mol. The average Bonchev–Trinajstić information content (AvgIpc) is 3.23. The third kappa shape index (κ3) is 6.50. The Morgan fingerprint density at radius 1 is 1.23 bits per heavy atom. The summed E-state index contributed by atoms with van der Waals surface area (Å²) in [5, 5.41) is 14.7. The van der Waals surface area contributed by atoms with Gasteiger partial charge < -0.3 is 15.4 Å². The lowest BCUT2D eigenvalue weighted by Gasteiger charge is -2.33. The van der Waals surface area contributed by atoms with Crippen LogP contribution in [0, 0.1) is 0 Å². The van der Waals surface area contributed by atoms with Crippen molar-refractivity contribution in [2.75, 3.05) is 32.1 Å². The van der Waals surface area contributed by atoms with Crippen molar-refractivity contribution in [3.05, 3.63) is 34.3 Å². The maximum Gasteiger partial charge on any atom is 0.286 e. The van der Waals surface area contributed by atoms with Gasteiger partial charge in [0.1, 0.15) is 10.8 Å². The number of rotatable bonds is 9. The van der Waals surface area contributed by atoms with Gasteiger partial charge in [0.2, 0.25) is 10.9 Å². The quantitative estimate of drug-likeness (QED) is 0.634. The Bertz CT molecular complexity index is 839. The first-order valence-electron chi connectivity index (χ1n) is 10.3. The molecule has 2 aromatic rings. The summed E-state index contributed by atoms with van der Waals surface area (Å²) in [5.41, 5.74) is 0.653. The van der Waals surface area contributed by atoms with Crippen molar-refractivity contribution in [1.29, 1.82) is 0 Å². The summed E-state index contributed by atoms with van der Waals surface area (Å²) in [6.07, 6.45) is 4.58. The molecule has 1 aromatic carbocycles. The van der Waals surface area contributed by atoms with Gasteiger partial charge >= 0.3 is 0 Å². The highest BCUT2D eigenvalue weighted by molar-refractivity contribution is 7.13. The van der Waals surface area contributed by atoms with Crippen LogP contribution in [0.3, 0.4) is 0 Å². The Morgan fingerprint density at radius 3 is 2.77 bits per heavy atom. The standard InChI is InChI=1S/C21H29N5O3S/c1-15-5-3-4-13-26(15)14-12-22-18(27)10-11-19-24-25-21(30-19)20(28)23-16-6-8-17(29-2)9-7-16/h6-9,15H,3-5,10-14H2,1-2H3,(H,22,27)(H,23,28)/t15-/m1/s1. The van der Waals surface area contributed by atoms with Crippen LogP contribution in [-0.2, 0) is 11.2 Å². The molecule has 2 heterocycles. The van der Waals surface area contributed by atoms with Crippen LogP contribution < -0.4 is 15.4 Å². The van der Waals surface area contributed by atoms with Gasteiger partial charge in [-0.25, -0.2) is 0 Å². The second-order valence-corrected chi connectivity index (χ2v) is 8.48. The lowest BCUT2D eigenvalue weighted by molar-refractivity contribution is -0.121. The molecule has 1 aromatic heterocycles. The zero-order valence-electron chi connectivity index (χ0n) is 17.5. The predicted molar refractivity (Wildman–Crippen MR) is 117 cm³/mol. The predicted octanol–water partition coefficient (Wildman–Crippen LogP) is 2.72. The lowest BCUT2D eigenvalue weighted by Crippen LogP contribution is -2.42. The summed E-state index contributed by atoms with van der Waals surface area (Å²) < 4.78 is 5.10. The van der Waals surface area contributed by atoms with Gasteiger partial charge in [0.25, 0.3) is 5.91 Å². The first-order valence-corrected chi connectivity index (χ1v) is 11.2. The van der Waals surface area contributed by atoms with Crippen molar-refractivity contribution in [2.24, 2.45) is 0 Å². The van der Waals surface area contributed by atoms with Gasteiger partial charge in [0.15, 0.2) is 0 Å². The van der Waals surface area contributed by atoms with E-state index in [0.29, 0.717) is 36.1 Å². The maximum absolute atomic E-state index is 12.3. The van der Waals surface area contributed by atoms with Crippen molar-refractivity contribution >= 4 is 28.8 Å². The molecule has 9 heteroatoms. The highest BCUT2D eigenvalue weighted by atomic mass is 32.1. The zero-order chi connectivity index (χ0) is 21.3. The van der Waals surface area contributed by atoms with Crippen LogP contribution in [0.1, 0.15) is 47.4 Å². The number of carbonyl (C=O) groups is 2. The molecule has 1 aliphatic rings. The second kappa shape index (κ2) is 11.0. The third-order valence-corrected chi connectivity index (χ3v) is 6.22. The summed E-state index contributed by atoms with van der Waals surface area (Å²) in [7, 11) is 1.59. The summed E-state index contributed by atoms with van der Waals surface area (Å²) >= 11 is 1.21. The van der Waals surface area contributed by atoms with Gasteiger partial charge in [-0.15, -0.1) is 10.2 Å². The fraction of sp³-hybridized carbons (Fsp3) is 0.524. The van der Waals surface area contributed by atoms with E-state index in [1.54, 1.807) is 31.4 Å². The molecule has 1 aliphatic heterocycles. The van der Waals surface area contributed by atoms with Crippen LogP contribution in [0.15, 0.2) is 24.3 Å². The molecule has 8 nitrogen and oxygen atoms in total. The van der Waals surface area contributed by atoms with E-state index in [4.69, 9.17) is 4.74 Å². The van der Waals surface area contributed by atoms with E-state index in [0.717, 1.165) is 18.8 Å². The highest BCUT2D eigenvalue weighted by Crippen LogP contribution is 2.18. The summed E-state index contributed by atoms with van der Waals surface area (Å²) in [4.78, 5) is 26.9. The number of benzene rings is 1. The van der Waals surface area contributed by atoms with Crippen molar-refractivity contribution in [3.8, 4) is 5.75 Å². The Kier molecular flexibility index (Phi) is 8.15. The molecule has 0 spiro atoms. The number of hydrogen-bond donors (Lipinski definition) is 2. The minimum absolute atomic E-state index is 0.000836. The van der Waals surface area contributed by atoms with Crippen molar-refractivity contribution in [2.45, 2.75) is 45.1 Å². The van der Waals surface area contributed by atoms with Crippen LogP contribution in [-0.4, -0.2) is 59.7 Å². The van der Waals surface area contributed by atoms with E-state index in [-0.39, 0.29) is 16.8 Å². The molecular weight excluding hydrogens is 402 g/mol. The molecule has 1 saturated heterocycles. The van der Waals surface area contributed by atoms with Gasteiger partial charge in [0, 0.05) is 37.7 Å². The van der Waals surface area contributed by atoms with Gasteiger partial charge in [-0.3, -0.25) is 14.5 Å². The summed E-state index contributed by atoms with van der Waals surface area (Å²) in [6, 6.07) is 7.65. The van der Waals surface area contributed by atoms with Crippen LogP contribution in [0.5, 0.6) is 5.75 Å². The van der Waals surface area contributed by atoms with E-state index < -0.39 is 0 Å². The molecular formula is C21H29N5O3S. The van der Waals surface area contributed by atoms with E-state index in [9.17, 15) is 9.59 Å². The molecule has 1 atom stereocenters. The van der Waals surface area contributed by atoms with E-state index >= 15 is 0 Å².